The van der Waals surface area contributed by atoms with Crippen molar-refractivity contribution in [3.05, 3.63) is 18.2 Å². The highest BCUT2D eigenvalue weighted by Crippen LogP contribution is 2.10. The molecule has 0 bridgehead atoms. The molecule has 0 aliphatic carbocycles. The van der Waals surface area contributed by atoms with Gasteiger partial charge in [-0.3, -0.25) is 4.79 Å². The monoisotopic (exact) mass is 224 g/mol. The van der Waals surface area contributed by atoms with Gasteiger partial charge >= 0.3 is 0 Å². The van der Waals surface area contributed by atoms with Crippen LogP contribution in [0, 0.1) is 13.1 Å². The van der Waals surface area contributed by atoms with E-state index in [4.69, 9.17) is 0 Å². The minimum absolute atomic E-state index is 0.185. The van der Waals surface area contributed by atoms with Gasteiger partial charge in [0.25, 0.3) is 0 Å². The van der Waals surface area contributed by atoms with Crippen molar-refractivity contribution in [1.29, 1.82) is 0 Å². The molecule has 1 fully saturated rings. The van der Waals surface area contributed by atoms with Crippen molar-refractivity contribution in [3.63, 3.8) is 0 Å². The van der Waals surface area contributed by atoms with E-state index in [9.17, 15) is 4.79 Å². The summed E-state index contributed by atoms with van der Waals surface area (Å²) in [5.41, 5.74) is 0. The first-order chi connectivity index (χ1) is 7.27. The van der Waals surface area contributed by atoms with Crippen LogP contribution in [0.2, 0.25) is 0 Å². The van der Waals surface area contributed by atoms with Gasteiger partial charge in [0.15, 0.2) is 0 Å². The van der Waals surface area contributed by atoms with Crippen LogP contribution in [-0.2, 0) is 11.3 Å². The van der Waals surface area contributed by atoms with E-state index >= 15 is 0 Å². The maximum absolute atomic E-state index is 11.9. The lowest BCUT2D eigenvalue weighted by atomic mass is 10.4. The summed E-state index contributed by atoms with van der Waals surface area (Å²) >= 11 is 1.91. The third kappa shape index (κ3) is 2.53. The molecule has 1 aromatic heterocycles. The molecule has 1 aliphatic heterocycles. The second kappa shape index (κ2) is 4.70. The molecule has 2 rings (SSSR count). The summed E-state index contributed by atoms with van der Waals surface area (Å²) in [5, 5.41) is 0. The summed E-state index contributed by atoms with van der Waals surface area (Å²) in [6.07, 6.45) is 4.47. The zero-order valence-electron chi connectivity index (χ0n) is 8.77. The van der Waals surface area contributed by atoms with E-state index in [-0.39, 0.29) is 5.91 Å². The van der Waals surface area contributed by atoms with Crippen molar-refractivity contribution in [1.82, 2.24) is 14.5 Å². The largest absolute Gasteiger partial charge is 0.339 e. The van der Waals surface area contributed by atoms with E-state index in [1.54, 1.807) is 6.20 Å². The van der Waals surface area contributed by atoms with Gasteiger partial charge in [0, 0.05) is 30.8 Å². The molecule has 81 valence electrons. The minimum Gasteiger partial charge on any atom is -0.339 e. The fraction of sp³-hybridized carbons (Fsp3) is 0.600. The number of aryl methyl sites for hydroxylation is 1. The van der Waals surface area contributed by atoms with Crippen LogP contribution in [0.1, 0.15) is 5.82 Å². The van der Waals surface area contributed by atoms with E-state index in [0.717, 1.165) is 30.4 Å². The maximum atomic E-state index is 11.9. The van der Waals surface area contributed by atoms with Gasteiger partial charge in [0.05, 0.1) is 0 Å². The van der Waals surface area contributed by atoms with Crippen LogP contribution in [0.3, 0.4) is 0 Å². The highest BCUT2D eigenvalue weighted by Gasteiger charge is 2.17. The van der Waals surface area contributed by atoms with Gasteiger partial charge in [-0.1, -0.05) is 0 Å². The molecule has 1 amide bonds. The van der Waals surface area contributed by atoms with E-state index < -0.39 is 0 Å². The summed E-state index contributed by atoms with van der Waals surface area (Å²) in [7, 11) is 0. The van der Waals surface area contributed by atoms with Crippen LogP contribution in [0.4, 0.5) is 0 Å². The molecule has 0 N–H and O–H groups in total. The lowest BCUT2D eigenvalue weighted by molar-refractivity contribution is -0.131. The van der Waals surface area contributed by atoms with E-state index in [1.165, 1.54) is 0 Å². The Bertz CT molecular complexity index is 344. The molecule has 0 unspecified atom stereocenters. The van der Waals surface area contributed by atoms with Gasteiger partial charge in [-0.25, -0.2) is 4.98 Å². The Morgan fingerprint density at radius 1 is 1.60 bits per heavy atom. The first kappa shape index (κ1) is 10.5. The Hall–Kier alpha value is -0.970. The molecule has 0 atom stereocenters. The number of hydrogen-bond acceptors (Lipinski definition) is 3. The predicted molar refractivity (Wildman–Crippen MR) is 59.7 cm³/mol. The first-order valence-corrected chi connectivity index (χ1v) is 6.18. The summed E-state index contributed by atoms with van der Waals surface area (Å²) in [6, 6.07) is 0. The summed E-state index contributed by atoms with van der Waals surface area (Å²) in [4.78, 5) is 17.8. The molecule has 1 aromatic rings. The molecular weight excluding hydrogens is 210 g/mol. The molecule has 2 heterocycles. The molecule has 15 heavy (non-hydrogen) atoms. The van der Waals surface area contributed by atoms with Gasteiger partial charge in [0.1, 0.15) is 18.6 Å². The molecule has 0 saturated carbocycles. The summed E-state index contributed by atoms with van der Waals surface area (Å²) in [5.74, 6) is 3.14. The second-order valence-corrected chi connectivity index (χ2v) is 4.76. The molecule has 1 radical (unpaired) electrons. The molecule has 4 nitrogen and oxygen atoms in total. The topological polar surface area (TPSA) is 38.1 Å². The zero-order valence-corrected chi connectivity index (χ0v) is 9.59. The van der Waals surface area contributed by atoms with Crippen molar-refractivity contribution in [2.24, 2.45) is 0 Å². The Morgan fingerprint density at radius 3 is 2.93 bits per heavy atom. The fourth-order valence-electron chi connectivity index (χ4n) is 1.57. The normalized spacial score (nSPS) is 16.7. The van der Waals surface area contributed by atoms with Crippen LogP contribution in [0.25, 0.3) is 0 Å². The number of imidazole rings is 1. The van der Waals surface area contributed by atoms with Crippen molar-refractivity contribution in [2.75, 3.05) is 24.6 Å². The average molecular weight is 224 g/mol. The van der Waals surface area contributed by atoms with E-state index in [2.05, 4.69) is 11.2 Å². The highest BCUT2D eigenvalue weighted by atomic mass is 32.2. The number of aromatic nitrogens is 2. The Kier molecular flexibility index (Phi) is 3.30. The van der Waals surface area contributed by atoms with Gasteiger partial charge in [-0.05, 0) is 6.92 Å². The van der Waals surface area contributed by atoms with Crippen LogP contribution in [0.15, 0.2) is 6.20 Å². The fourth-order valence-corrected chi connectivity index (χ4v) is 2.47. The third-order valence-electron chi connectivity index (χ3n) is 2.52. The Morgan fingerprint density at radius 2 is 2.33 bits per heavy atom. The molecule has 0 aromatic carbocycles. The lowest BCUT2D eigenvalue weighted by Crippen LogP contribution is -2.39. The number of hydrogen-bond donors (Lipinski definition) is 0. The number of amides is 1. The van der Waals surface area contributed by atoms with Crippen molar-refractivity contribution >= 4 is 17.7 Å². The van der Waals surface area contributed by atoms with Gasteiger partial charge in [-0.15, -0.1) is 0 Å². The number of carbonyl (C=O) groups is 1. The number of nitrogens with zero attached hydrogens (tertiary/aromatic N) is 3. The SMILES string of the molecule is Cc1n[c]cn1CC(=O)N1CCSCC1. The van der Waals surface area contributed by atoms with Crippen LogP contribution in [0.5, 0.6) is 0 Å². The molecule has 0 spiro atoms. The predicted octanol–water partition coefficient (Wildman–Crippen LogP) is 0.567. The number of rotatable bonds is 2. The number of thioether (sulfide) groups is 1. The summed E-state index contributed by atoms with van der Waals surface area (Å²) < 4.78 is 1.84. The van der Waals surface area contributed by atoms with Crippen LogP contribution < -0.4 is 0 Å². The molecule has 5 heteroatoms. The van der Waals surface area contributed by atoms with E-state index in [0.29, 0.717) is 6.54 Å². The minimum atomic E-state index is 0.185. The molecule has 1 aliphatic rings. The third-order valence-corrected chi connectivity index (χ3v) is 3.47. The lowest BCUT2D eigenvalue weighted by Gasteiger charge is -2.26. The quantitative estimate of drug-likeness (QED) is 0.737. The van der Waals surface area contributed by atoms with Crippen molar-refractivity contribution in [2.45, 2.75) is 13.5 Å². The standard InChI is InChI=1S/C10H14N3OS/c1-9-11-2-3-13(9)8-10(14)12-4-6-15-7-5-12/h3H,4-8H2,1H3. The maximum Gasteiger partial charge on any atom is 0.242 e. The van der Waals surface area contributed by atoms with E-state index in [1.807, 2.05) is 28.2 Å². The van der Waals surface area contributed by atoms with Crippen molar-refractivity contribution < 1.29 is 4.79 Å². The van der Waals surface area contributed by atoms with Crippen LogP contribution >= 0.6 is 11.8 Å². The highest BCUT2D eigenvalue weighted by molar-refractivity contribution is 7.99. The Labute approximate surface area is 93.7 Å². The Balaban J connectivity index is 1.94. The molecular formula is C10H14N3OS. The summed E-state index contributed by atoms with van der Waals surface area (Å²) in [6.45, 7) is 4.03. The van der Waals surface area contributed by atoms with Gasteiger partial charge in [-0.2, -0.15) is 11.8 Å². The smallest absolute Gasteiger partial charge is 0.242 e. The zero-order chi connectivity index (χ0) is 10.7. The van der Waals surface area contributed by atoms with Gasteiger partial charge < -0.3 is 9.47 Å². The van der Waals surface area contributed by atoms with Crippen LogP contribution in [-0.4, -0.2) is 45.0 Å². The molecule has 1 saturated heterocycles. The number of carbonyl (C=O) groups excluding carboxylic acids is 1. The van der Waals surface area contributed by atoms with Gasteiger partial charge in [0.2, 0.25) is 5.91 Å². The average Bonchev–Trinajstić information content (AvgIpc) is 2.66. The van der Waals surface area contributed by atoms with Crippen molar-refractivity contribution in [3.8, 4) is 0 Å². The second-order valence-electron chi connectivity index (χ2n) is 3.54. The first-order valence-electron chi connectivity index (χ1n) is 5.03.